The highest BCUT2D eigenvalue weighted by atomic mass is 32.2. The van der Waals surface area contributed by atoms with Gasteiger partial charge in [-0.05, 0) is 11.9 Å². The maximum absolute atomic E-state index is 9.93. The van der Waals surface area contributed by atoms with E-state index in [1.165, 1.54) is 16.4 Å². The summed E-state index contributed by atoms with van der Waals surface area (Å²) in [7, 11) is 0. The molecule has 1 rings (SSSR count). The number of hydrazine groups is 1. The van der Waals surface area contributed by atoms with Crippen molar-refractivity contribution in [1.29, 1.82) is 0 Å². The molecule has 0 bridgehead atoms. The van der Waals surface area contributed by atoms with E-state index in [4.69, 9.17) is 0 Å². The van der Waals surface area contributed by atoms with Crippen LogP contribution in [0.5, 0.6) is 0 Å². The number of rotatable bonds is 1. The summed E-state index contributed by atoms with van der Waals surface area (Å²) in [5.74, 6) is 0. The molecule has 0 aromatic rings. The first kappa shape index (κ1) is 4.96. The minimum Gasteiger partial charge on any atom is -0.314 e. The third-order valence-corrected chi connectivity index (χ3v) is 1.32. The Bertz CT molecular complexity index is 77.0. The summed E-state index contributed by atoms with van der Waals surface area (Å²) in [4.78, 5) is 0. The first-order chi connectivity index (χ1) is 3.43. The van der Waals surface area contributed by atoms with Gasteiger partial charge in [0.05, 0.1) is 0 Å². The van der Waals surface area contributed by atoms with Gasteiger partial charge in [0.15, 0.2) is 6.73 Å². The lowest BCUT2D eigenvalue weighted by Gasteiger charge is -2.05. The summed E-state index contributed by atoms with van der Waals surface area (Å²) >= 11 is 1.37. The van der Waals surface area contributed by atoms with E-state index in [0.29, 0.717) is 0 Å². The molecule has 1 radical (unpaired) electrons. The second kappa shape index (κ2) is 2.20. The molecule has 4 heteroatoms. The second-order valence-corrected chi connectivity index (χ2v) is 1.97. The van der Waals surface area contributed by atoms with Gasteiger partial charge < -0.3 is 5.43 Å². The fraction of sp³-hybridized carbons (Fsp3) is 0.333. The Morgan fingerprint density at radius 1 is 1.86 bits per heavy atom. The predicted octanol–water partition coefficient (Wildman–Crippen LogP) is 0.314. The van der Waals surface area contributed by atoms with Gasteiger partial charge in [0, 0.05) is 11.6 Å². The van der Waals surface area contributed by atoms with E-state index in [2.05, 4.69) is 5.43 Å². The molecule has 0 fully saturated rings. The summed E-state index contributed by atoms with van der Waals surface area (Å²) in [5, 5.41) is 11.8. The van der Waals surface area contributed by atoms with Crippen molar-refractivity contribution >= 4 is 11.9 Å². The van der Waals surface area contributed by atoms with Gasteiger partial charge in [-0.25, -0.2) is 5.11 Å². The molecule has 0 amide bonds. The Balaban J connectivity index is 2.22. The third-order valence-electron chi connectivity index (χ3n) is 0.592. The van der Waals surface area contributed by atoms with Crippen LogP contribution in [-0.2, 0) is 5.11 Å². The monoisotopic (exact) mass is 117 g/mol. The highest BCUT2D eigenvalue weighted by Gasteiger charge is 2.02. The first-order valence-electron chi connectivity index (χ1n) is 1.87. The average molecular weight is 117 g/mol. The van der Waals surface area contributed by atoms with E-state index in [1.54, 1.807) is 6.20 Å². The summed E-state index contributed by atoms with van der Waals surface area (Å²) in [6.07, 6.45) is 1.72. The minimum atomic E-state index is -0.211. The van der Waals surface area contributed by atoms with E-state index in [9.17, 15) is 5.11 Å². The van der Waals surface area contributed by atoms with Gasteiger partial charge >= 0.3 is 0 Å². The molecule has 3 nitrogen and oxygen atoms in total. The Hall–Kier alpha value is -0.190. The summed E-state index contributed by atoms with van der Waals surface area (Å²) in [5.41, 5.74) is 2.71. The van der Waals surface area contributed by atoms with Crippen LogP contribution in [-0.4, -0.2) is 11.1 Å². The lowest BCUT2D eigenvalue weighted by atomic mass is 11.1. The highest BCUT2D eigenvalue weighted by Crippen LogP contribution is 2.10. The summed E-state index contributed by atoms with van der Waals surface area (Å²) in [6, 6.07) is 0. The van der Waals surface area contributed by atoms with Gasteiger partial charge in [-0.15, -0.1) is 4.41 Å². The molecule has 0 saturated carbocycles. The zero-order valence-corrected chi connectivity index (χ0v) is 4.44. The third kappa shape index (κ3) is 1.09. The van der Waals surface area contributed by atoms with Crippen LogP contribution in [0.2, 0.25) is 0 Å². The summed E-state index contributed by atoms with van der Waals surface area (Å²) < 4.78 is 1.49. The van der Waals surface area contributed by atoms with Gasteiger partial charge in [-0.1, -0.05) is 0 Å². The highest BCUT2D eigenvalue weighted by molar-refractivity contribution is 8.00. The smallest absolute Gasteiger partial charge is 0.163 e. The van der Waals surface area contributed by atoms with Crippen LogP contribution in [0.15, 0.2) is 11.6 Å². The topological polar surface area (TPSA) is 35.2 Å². The van der Waals surface area contributed by atoms with Crippen molar-refractivity contribution in [2.75, 3.05) is 6.73 Å². The largest absolute Gasteiger partial charge is 0.314 e. The average Bonchev–Trinajstić information content (AvgIpc) is 2.14. The zero-order chi connectivity index (χ0) is 5.11. The molecule has 0 atom stereocenters. The molecule has 0 saturated heterocycles. The standard InChI is InChI=1S/C3H5N2OS/c6-3-5-4-1-2-7-5/h1-2,4H,3H2. The number of hydrogen-bond donors (Lipinski definition) is 1. The van der Waals surface area contributed by atoms with Crippen molar-refractivity contribution < 1.29 is 5.11 Å². The molecule has 0 aromatic heterocycles. The molecule has 7 heavy (non-hydrogen) atoms. The van der Waals surface area contributed by atoms with Gasteiger partial charge in [0.2, 0.25) is 0 Å². The van der Waals surface area contributed by atoms with Gasteiger partial charge in [0.25, 0.3) is 0 Å². The van der Waals surface area contributed by atoms with Crippen molar-refractivity contribution in [3.8, 4) is 0 Å². The molecule has 0 aliphatic carbocycles. The molecule has 1 N–H and O–H groups in total. The van der Waals surface area contributed by atoms with E-state index in [1.807, 2.05) is 5.41 Å². The number of nitrogens with zero attached hydrogens (tertiary/aromatic N) is 1. The minimum absolute atomic E-state index is 0.211. The van der Waals surface area contributed by atoms with Crippen molar-refractivity contribution in [1.82, 2.24) is 9.84 Å². The van der Waals surface area contributed by atoms with Crippen molar-refractivity contribution in [2.45, 2.75) is 0 Å². The van der Waals surface area contributed by atoms with Crippen molar-refractivity contribution in [2.24, 2.45) is 0 Å². The molecule has 0 aromatic carbocycles. The van der Waals surface area contributed by atoms with Crippen molar-refractivity contribution in [3.63, 3.8) is 0 Å². The molecule has 1 aliphatic rings. The van der Waals surface area contributed by atoms with E-state index in [0.717, 1.165) is 0 Å². The molecular weight excluding hydrogens is 112 g/mol. The zero-order valence-electron chi connectivity index (χ0n) is 3.63. The number of nitrogens with one attached hydrogen (secondary N) is 1. The Kier molecular flexibility index (Phi) is 1.56. The quantitative estimate of drug-likeness (QED) is 0.502. The SMILES string of the molecule is [O]CN1NC=CS1. The van der Waals surface area contributed by atoms with Crippen LogP contribution in [0.4, 0.5) is 0 Å². The van der Waals surface area contributed by atoms with Crippen LogP contribution >= 0.6 is 11.9 Å². The molecule has 0 spiro atoms. The fourth-order valence-electron chi connectivity index (χ4n) is 0.316. The fourth-order valence-corrected chi connectivity index (χ4v) is 0.767. The normalized spacial score (nSPS) is 20.1. The van der Waals surface area contributed by atoms with Crippen molar-refractivity contribution in [3.05, 3.63) is 11.6 Å². The number of hydrogen-bond acceptors (Lipinski definition) is 3. The molecular formula is C3H5N2OS. The van der Waals surface area contributed by atoms with Crippen LogP contribution in [0.1, 0.15) is 0 Å². The van der Waals surface area contributed by atoms with Crippen LogP contribution in [0.25, 0.3) is 0 Å². The van der Waals surface area contributed by atoms with Gasteiger partial charge in [0.1, 0.15) is 0 Å². The maximum atomic E-state index is 9.93. The van der Waals surface area contributed by atoms with Gasteiger partial charge in [-0.2, -0.15) is 0 Å². The van der Waals surface area contributed by atoms with Crippen LogP contribution in [0, 0.1) is 0 Å². The van der Waals surface area contributed by atoms with E-state index >= 15 is 0 Å². The molecule has 1 aliphatic heterocycles. The van der Waals surface area contributed by atoms with Crippen LogP contribution in [0.3, 0.4) is 0 Å². The first-order valence-corrected chi connectivity index (χ1v) is 2.71. The maximum Gasteiger partial charge on any atom is 0.163 e. The lowest BCUT2D eigenvalue weighted by molar-refractivity contribution is 0.0986. The Labute approximate surface area is 46.1 Å². The second-order valence-electron chi connectivity index (χ2n) is 1.04. The molecule has 0 unspecified atom stereocenters. The summed E-state index contributed by atoms with van der Waals surface area (Å²) in [6.45, 7) is -0.211. The predicted molar refractivity (Wildman–Crippen MR) is 27.3 cm³/mol. The van der Waals surface area contributed by atoms with E-state index in [-0.39, 0.29) is 6.73 Å². The lowest BCUT2D eigenvalue weighted by Crippen LogP contribution is -2.23. The Morgan fingerprint density at radius 2 is 2.71 bits per heavy atom. The van der Waals surface area contributed by atoms with E-state index < -0.39 is 0 Å². The van der Waals surface area contributed by atoms with Gasteiger partial charge in [-0.3, -0.25) is 0 Å². The Morgan fingerprint density at radius 3 is 3.00 bits per heavy atom. The molecule has 39 valence electrons. The molecule has 1 heterocycles. The van der Waals surface area contributed by atoms with Crippen LogP contribution < -0.4 is 5.43 Å².